The van der Waals surface area contributed by atoms with E-state index >= 15 is 0 Å². The molecule has 1 N–H and O–H groups in total. The number of rotatable bonds is 8. The molecule has 3 aromatic rings. The number of benzene rings is 1. The van der Waals surface area contributed by atoms with Crippen molar-refractivity contribution in [2.24, 2.45) is 0 Å². The summed E-state index contributed by atoms with van der Waals surface area (Å²) in [4.78, 5) is 30.5. The average Bonchev–Trinajstić information content (AvgIpc) is 3.40. The Labute approximate surface area is 228 Å². The lowest BCUT2D eigenvalue weighted by Crippen LogP contribution is -2.55. The van der Waals surface area contributed by atoms with E-state index in [2.05, 4.69) is 56.6 Å². The molecule has 5 rings (SSSR count). The van der Waals surface area contributed by atoms with Crippen LogP contribution < -0.4 is 14.5 Å². The van der Waals surface area contributed by atoms with Crippen LogP contribution in [0.2, 0.25) is 0 Å². The van der Waals surface area contributed by atoms with Crippen LogP contribution in [0.5, 0.6) is 6.01 Å². The van der Waals surface area contributed by atoms with E-state index in [1.807, 2.05) is 20.3 Å². The van der Waals surface area contributed by atoms with E-state index in [1.54, 1.807) is 4.90 Å². The largest absolute Gasteiger partial charge is 0.462 e. The lowest BCUT2D eigenvalue weighted by atomic mass is 10.0. The molecule has 0 radical (unpaired) electrons. The maximum Gasteiger partial charge on any atom is 0.318 e. The molecule has 1 fully saturated rings. The van der Waals surface area contributed by atoms with Gasteiger partial charge in [-0.05, 0) is 45.1 Å². The van der Waals surface area contributed by atoms with Crippen LogP contribution in [0.4, 0.5) is 11.5 Å². The Balaban J connectivity index is 1.49. The third-order valence-electron chi connectivity index (χ3n) is 7.47. The lowest BCUT2D eigenvalue weighted by Gasteiger charge is -2.42. The first-order valence-corrected chi connectivity index (χ1v) is 13.3. The number of hydrogen-bond acceptors (Lipinski definition) is 9. The number of likely N-dealkylation sites (N-methyl/N-ethyl adjacent to an activating group) is 1. The number of nitrogens with zero attached hydrogens (tertiary/aromatic N) is 8. The summed E-state index contributed by atoms with van der Waals surface area (Å²) in [6.45, 7) is 10.0. The van der Waals surface area contributed by atoms with E-state index in [4.69, 9.17) is 14.7 Å². The summed E-state index contributed by atoms with van der Waals surface area (Å²) >= 11 is 0. The Hall–Kier alpha value is -4.17. The van der Waals surface area contributed by atoms with Gasteiger partial charge in [0.2, 0.25) is 5.91 Å². The summed E-state index contributed by atoms with van der Waals surface area (Å²) in [6.07, 6.45) is 4.22. The summed E-state index contributed by atoms with van der Waals surface area (Å²) in [6, 6.07) is 6.53. The van der Waals surface area contributed by atoms with Gasteiger partial charge in [-0.2, -0.15) is 20.3 Å². The molecule has 2 aromatic heterocycles. The second-order valence-corrected chi connectivity index (χ2v) is 10.3. The van der Waals surface area contributed by atoms with Crippen molar-refractivity contribution in [3.05, 3.63) is 47.8 Å². The maximum atomic E-state index is 12.4. The molecule has 11 nitrogen and oxygen atoms in total. The Kier molecular flexibility index (Phi) is 7.65. The second kappa shape index (κ2) is 11.3. The molecule has 0 bridgehead atoms. The number of nitriles is 1. The average molecular weight is 530 g/mol. The highest BCUT2D eigenvalue weighted by Gasteiger charge is 2.33. The van der Waals surface area contributed by atoms with Crippen molar-refractivity contribution in [2.75, 3.05) is 63.2 Å². The predicted octanol–water partition coefficient (Wildman–Crippen LogP) is 2.28. The molecule has 0 spiro atoms. The minimum absolute atomic E-state index is 0.147. The standard InChI is InChI=1S/C28H35N9O2/c1-5-25(38)37-13-12-36(17-20(37)8-10-29)27-21-9-11-35(26-19(2)6-7-23-22(26)16-30-33-23)18-24(21)31-28(32-27)39-15-14-34(3)4/h5-7,16,20H,1,8-9,11-15,17-18H2,2-4H3,(H,30,33). The van der Waals surface area contributed by atoms with Crippen molar-refractivity contribution in [3.63, 3.8) is 0 Å². The van der Waals surface area contributed by atoms with Crippen molar-refractivity contribution >= 4 is 28.3 Å². The van der Waals surface area contributed by atoms with Crippen LogP contribution in [0.15, 0.2) is 31.0 Å². The fourth-order valence-electron chi connectivity index (χ4n) is 5.49. The fraction of sp³-hybridized carbons (Fsp3) is 0.464. The second-order valence-electron chi connectivity index (χ2n) is 10.3. The highest BCUT2D eigenvalue weighted by atomic mass is 16.5. The topological polar surface area (TPSA) is 118 Å². The minimum atomic E-state index is -0.237. The fourth-order valence-corrected chi connectivity index (χ4v) is 5.49. The number of ether oxygens (including phenoxy) is 1. The molecule has 0 aliphatic carbocycles. The van der Waals surface area contributed by atoms with Crippen molar-refractivity contribution in [1.82, 2.24) is 30.0 Å². The van der Waals surface area contributed by atoms with Crippen LogP contribution in [0.3, 0.4) is 0 Å². The molecule has 0 saturated carbocycles. The van der Waals surface area contributed by atoms with Gasteiger partial charge in [-0.3, -0.25) is 9.89 Å². The van der Waals surface area contributed by atoms with Crippen LogP contribution in [0.25, 0.3) is 10.9 Å². The Morgan fingerprint density at radius 3 is 2.90 bits per heavy atom. The third kappa shape index (κ3) is 5.38. The summed E-state index contributed by atoms with van der Waals surface area (Å²) in [5.41, 5.74) is 5.39. The summed E-state index contributed by atoms with van der Waals surface area (Å²) in [7, 11) is 4.00. The van der Waals surface area contributed by atoms with Gasteiger partial charge in [0.25, 0.3) is 0 Å². The maximum absolute atomic E-state index is 12.4. The van der Waals surface area contributed by atoms with Crippen LogP contribution in [-0.4, -0.2) is 95.3 Å². The van der Waals surface area contributed by atoms with Gasteiger partial charge in [0.1, 0.15) is 12.4 Å². The molecular formula is C28H35N9O2. The Bertz CT molecular complexity index is 1410. The SMILES string of the molecule is C=CC(=O)N1CCN(c2nc(OCCN(C)C)nc3c2CCN(c2c(C)ccc4[nH]ncc24)C3)CC1CC#N. The zero-order valence-electron chi connectivity index (χ0n) is 22.9. The van der Waals surface area contributed by atoms with E-state index in [9.17, 15) is 10.1 Å². The molecule has 2 aliphatic rings. The van der Waals surface area contributed by atoms with Crippen molar-refractivity contribution in [1.29, 1.82) is 5.26 Å². The Morgan fingerprint density at radius 1 is 1.28 bits per heavy atom. The molecular weight excluding hydrogens is 494 g/mol. The number of fused-ring (bicyclic) bond motifs is 2. The van der Waals surface area contributed by atoms with Crippen molar-refractivity contribution in [3.8, 4) is 12.1 Å². The predicted molar refractivity (Wildman–Crippen MR) is 150 cm³/mol. The number of aryl methyl sites for hydroxylation is 1. The van der Waals surface area contributed by atoms with Gasteiger partial charge >= 0.3 is 6.01 Å². The van der Waals surface area contributed by atoms with Crippen molar-refractivity contribution in [2.45, 2.75) is 32.4 Å². The molecule has 2 aliphatic heterocycles. The van der Waals surface area contributed by atoms with Gasteiger partial charge in [-0.25, -0.2) is 0 Å². The van der Waals surface area contributed by atoms with Crippen molar-refractivity contribution < 1.29 is 9.53 Å². The quantitative estimate of drug-likeness (QED) is 0.439. The molecule has 11 heteroatoms. The van der Waals surface area contributed by atoms with Gasteiger partial charge < -0.3 is 24.3 Å². The highest BCUT2D eigenvalue weighted by Crippen LogP contribution is 2.36. The first-order chi connectivity index (χ1) is 18.9. The molecule has 1 atom stereocenters. The van der Waals surface area contributed by atoms with E-state index in [1.165, 1.54) is 11.6 Å². The van der Waals surface area contributed by atoms with Crippen LogP contribution in [0, 0.1) is 18.3 Å². The number of piperazine rings is 1. The number of carbonyl (C=O) groups is 1. The molecule has 39 heavy (non-hydrogen) atoms. The summed E-state index contributed by atoms with van der Waals surface area (Å²) < 4.78 is 6.03. The van der Waals surface area contributed by atoms with Crippen LogP contribution in [0.1, 0.15) is 23.2 Å². The zero-order valence-corrected chi connectivity index (χ0v) is 22.9. The van der Waals surface area contributed by atoms with Gasteiger partial charge in [0.15, 0.2) is 0 Å². The number of H-pyrrole nitrogens is 1. The molecule has 4 heterocycles. The minimum Gasteiger partial charge on any atom is -0.462 e. The number of carbonyl (C=O) groups excluding carboxylic acids is 1. The Morgan fingerprint density at radius 2 is 2.13 bits per heavy atom. The molecule has 204 valence electrons. The zero-order chi connectivity index (χ0) is 27.5. The molecule has 1 unspecified atom stereocenters. The van der Waals surface area contributed by atoms with Gasteiger partial charge in [-0.1, -0.05) is 12.6 Å². The van der Waals surface area contributed by atoms with Gasteiger partial charge in [0.05, 0.1) is 48.2 Å². The number of hydrogen-bond donors (Lipinski definition) is 1. The normalized spacial score (nSPS) is 17.3. The highest BCUT2D eigenvalue weighted by molar-refractivity contribution is 5.93. The summed E-state index contributed by atoms with van der Waals surface area (Å²) in [5, 5.41) is 17.9. The number of aromatic amines is 1. The van der Waals surface area contributed by atoms with E-state index in [0.717, 1.165) is 53.2 Å². The van der Waals surface area contributed by atoms with Gasteiger partial charge in [0, 0.05) is 43.7 Å². The smallest absolute Gasteiger partial charge is 0.318 e. The number of amides is 1. The molecule has 1 saturated heterocycles. The summed E-state index contributed by atoms with van der Waals surface area (Å²) in [5.74, 6) is 0.693. The first-order valence-electron chi connectivity index (χ1n) is 13.3. The van der Waals surface area contributed by atoms with E-state index < -0.39 is 0 Å². The van der Waals surface area contributed by atoms with E-state index in [0.29, 0.717) is 38.8 Å². The number of aromatic nitrogens is 4. The monoisotopic (exact) mass is 529 g/mol. The van der Waals surface area contributed by atoms with Crippen LogP contribution >= 0.6 is 0 Å². The first kappa shape index (κ1) is 26.4. The third-order valence-corrected chi connectivity index (χ3v) is 7.47. The van der Waals surface area contributed by atoms with Crippen LogP contribution in [-0.2, 0) is 17.8 Å². The number of nitrogens with one attached hydrogen (secondary N) is 1. The van der Waals surface area contributed by atoms with E-state index in [-0.39, 0.29) is 18.4 Å². The van der Waals surface area contributed by atoms with Gasteiger partial charge in [-0.15, -0.1) is 0 Å². The lowest BCUT2D eigenvalue weighted by molar-refractivity contribution is -0.128. The molecule has 1 amide bonds. The number of anilines is 2. The molecule has 1 aromatic carbocycles.